The molecule has 2 rings (SSSR count). The fourth-order valence-electron chi connectivity index (χ4n) is 1.66. The average molecular weight is 360 g/mol. The van der Waals surface area contributed by atoms with Crippen LogP contribution in [-0.2, 0) is 4.79 Å². The van der Waals surface area contributed by atoms with Crippen molar-refractivity contribution >= 4 is 28.8 Å². The second-order valence-corrected chi connectivity index (χ2v) is 4.69. The molecule has 2 aromatic rings. The Balaban J connectivity index is 2.16. The van der Waals surface area contributed by atoms with Crippen molar-refractivity contribution in [2.24, 2.45) is 15.3 Å². The fourth-order valence-corrected chi connectivity index (χ4v) is 1.66. The van der Waals surface area contributed by atoms with Crippen molar-refractivity contribution < 1.29 is 18.0 Å². The largest absolute Gasteiger partial charge is 0.471 e. The Labute approximate surface area is 145 Å². The average Bonchev–Trinajstić information content (AvgIpc) is 2.63. The number of carbonyl (C=O) groups excluding carboxylic acids is 1. The summed E-state index contributed by atoms with van der Waals surface area (Å²) >= 11 is 0. The van der Waals surface area contributed by atoms with E-state index in [1.54, 1.807) is 41.7 Å². The molecule has 0 aliphatic carbocycles. The molecular weight excluding hydrogens is 349 g/mol. The van der Waals surface area contributed by atoms with E-state index in [9.17, 15) is 18.0 Å². The predicted molar refractivity (Wildman–Crippen MR) is 88.8 cm³/mol. The number of hydrogen-bond donors (Lipinski definition) is 2. The Bertz CT molecular complexity index is 872. The number of anilines is 2. The number of nitrogens with one attached hydrogen (secondary N) is 2. The number of azo groups is 1. The Hall–Kier alpha value is -3.74. The molecule has 0 unspecified atom stereocenters. The summed E-state index contributed by atoms with van der Waals surface area (Å²) in [7, 11) is 0. The highest BCUT2D eigenvalue weighted by Gasteiger charge is 2.38. The maximum atomic E-state index is 12.4. The van der Waals surface area contributed by atoms with Gasteiger partial charge in [-0.15, -0.1) is 15.3 Å². The maximum Gasteiger partial charge on any atom is 0.471 e. The lowest BCUT2D eigenvalue weighted by atomic mass is 10.2. The molecule has 26 heavy (non-hydrogen) atoms. The lowest BCUT2D eigenvalue weighted by Crippen LogP contribution is -2.29. The number of amidine groups is 1. The molecule has 0 heterocycles. The van der Waals surface area contributed by atoms with Gasteiger partial charge in [0.15, 0.2) is 0 Å². The summed E-state index contributed by atoms with van der Waals surface area (Å²) in [6, 6.07) is 15.9. The number of halogens is 3. The first-order valence-corrected chi connectivity index (χ1v) is 7.08. The monoisotopic (exact) mass is 360 g/mol. The summed E-state index contributed by atoms with van der Waals surface area (Å²) in [6.07, 6.45) is -5.04. The molecule has 0 aliphatic heterocycles. The highest BCUT2D eigenvalue weighted by atomic mass is 19.4. The van der Waals surface area contributed by atoms with E-state index < -0.39 is 12.1 Å². The van der Waals surface area contributed by atoms with Crippen LogP contribution >= 0.6 is 0 Å². The van der Waals surface area contributed by atoms with Crippen molar-refractivity contribution in [1.29, 1.82) is 5.26 Å². The molecule has 7 nitrogen and oxygen atoms in total. The SMILES string of the molecule is N#C/C(N=Nc1ccccc1NC(=O)C(F)(F)F)=N\Nc1ccccc1. The molecular formula is C16H11F3N6O. The van der Waals surface area contributed by atoms with Crippen LogP contribution in [0.15, 0.2) is 69.9 Å². The number of carbonyl (C=O) groups is 1. The summed E-state index contributed by atoms with van der Waals surface area (Å²) in [5, 5.41) is 21.7. The minimum atomic E-state index is -5.04. The highest BCUT2D eigenvalue weighted by molar-refractivity contribution is 5.98. The van der Waals surface area contributed by atoms with E-state index in [0.29, 0.717) is 5.69 Å². The van der Waals surface area contributed by atoms with Gasteiger partial charge in [-0.25, -0.2) is 0 Å². The molecule has 10 heteroatoms. The van der Waals surface area contributed by atoms with Crippen molar-refractivity contribution in [3.8, 4) is 6.07 Å². The first kappa shape index (κ1) is 18.6. The van der Waals surface area contributed by atoms with Gasteiger partial charge in [0.2, 0.25) is 0 Å². The van der Waals surface area contributed by atoms with Crippen LogP contribution in [-0.4, -0.2) is 17.9 Å². The lowest BCUT2D eigenvalue weighted by Gasteiger charge is -2.09. The summed E-state index contributed by atoms with van der Waals surface area (Å²) in [6.45, 7) is 0. The minimum Gasteiger partial charge on any atom is -0.316 e. The molecule has 1 amide bonds. The molecule has 0 aliphatic rings. The molecule has 2 aromatic carbocycles. The van der Waals surface area contributed by atoms with Crippen molar-refractivity contribution in [1.82, 2.24) is 0 Å². The predicted octanol–water partition coefficient (Wildman–Crippen LogP) is 4.22. The van der Waals surface area contributed by atoms with Crippen LogP contribution in [0.3, 0.4) is 0 Å². The van der Waals surface area contributed by atoms with E-state index in [2.05, 4.69) is 20.8 Å². The number of nitrogens with zero attached hydrogens (tertiary/aromatic N) is 4. The second kappa shape index (κ2) is 8.39. The smallest absolute Gasteiger partial charge is 0.316 e. The van der Waals surface area contributed by atoms with E-state index in [1.165, 1.54) is 24.3 Å². The van der Waals surface area contributed by atoms with E-state index >= 15 is 0 Å². The number of hydrazone groups is 1. The van der Waals surface area contributed by atoms with Crippen LogP contribution < -0.4 is 10.7 Å². The van der Waals surface area contributed by atoms with Gasteiger partial charge in [-0.1, -0.05) is 30.3 Å². The lowest BCUT2D eigenvalue weighted by molar-refractivity contribution is -0.167. The third kappa shape index (κ3) is 5.41. The molecule has 0 radical (unpaired) electrons. The van der Waals surface area contributed by atoms with E-state index in [4.69, 9.17) is 5.26 Å². The van der Waals surface area contributed by atoms with Crippen LogP contribution in [0.25, 0.3) is 0 Å². The number of para-hydroxylation sites is 2. The van der Waals surface area contributed by atoms with Crippen LogP contribution in [0, 0.1) is 11.3 Å². The van der Waals surface area contributed by atoms with Crippen molar-refractivity contribution in [3.63, 3.8) is 0 Å². The maximum absolute atomic E-state index is 12.4. The molecule has 2 N–H and O–H groups in total. The Kier molecular flexibility index (Phi) is 6.00. The number of rotatable bonds is 4. The first-order valence-electron chi connectivity index (χ1n) is 7.08. The van der Waals surface area contributed by atoms with E-state index in [-0.39, 0.29) is 17.2 Å². The van der Waals surface area contributed by atoms with Crippen molar-refractivity contribution in [3.05, 3.63) is 54.6 Å². The van der Waals surface area contributed by atoms with Crippen LogP contribution in [0.2, 0.25) is 0 Å². The highest BCUT2D eigenvalue weighted by Crippen LogP contribution is 2.27. The van der Waals surface area contributed by atoms with Gasteiger partial charge in [0, 0.05) is 0 Å². The molecule has 0 atom stereocenters. The first-order chi connectivity index (χ1) is 12.4. The van der Waals surface area contributed by atoms with Gasteiger partial charge < -0.3 is 5.32 Å². The summed E-state index contributed by atoms with van der Waals surface area (Å²) < 4.78 is 37.1. The number of nitriles is 1. The number of amides is 1. The minimum absolute atomic E-state index is 0.0623. The summed E-state index contributed by atoms with van der Waals surface area (Å²) in [4.78, 5) is 11.0. The Morgan fingerprint density at radius 2 is 1.69 bits per heavy atom. The Morgan fingerprint density at radius 1 is 1.04 bits per heavy atom. The Morgan fingerprint density at radius 3 is 2.35 bits per heavy atom. The normalized spacial score (nSPS) is 11.8. The molecule has 0 spiro atoms. The van der Waals surface area contributed by atoms with Gasteiger partial charge >= 0.3 is 12.1 Å². The van der Waals surface area contributed by atoms with Gasteiger partial charge in [-0.3, -0.25) is 10.2 Å². The number of benzene rings is 2. The molecule has 0 saturated carbocycles. The molecule has 0 aromatic heterocycles. The zero-order valence-corrected chi connectivity index (χ0v) is 13.0. The van der Waals surface area contributed by atoms with Crippen molar-refractivity contribution in [2.75, 3.05) is 10.7 Å². The van der Waals surface area contributed by atoms with Crippen molar-refractivity contribution in [2.45, 2.75) is 6.18 Å². The molecule has 0 saturated heterocycles. The van der Waals surface area contributed by atoms with E-state index in [1.807, 2.05) is 0 Å². The van der Waals surface area contributed by atoms with Gasteiger partial charge in [-0.2, -0.15) is 18.4 Å². The fraction of sp³-hybridized carbons (Fsp3) is 0.0625. The van der Waals surface area contributed by atoms with Crippen LogP contribution in [0.4, 0.5) is 30.2 Å². The van der Waals surface area contributed by atoms with Gasteiger partial charge in [-0.05, 0) is 24.3 Å². The van der Waals surface area contributed by atoms with E-state index in [0.717, 1.165) is 0 Å². The van der Waals surface area contributed by atoms with Crippen LogP contribution in [0.1, 0.15) is 0 Å². The van der Waals surface area contributed by atoms with Crippen LogP contribution in [0.5, 0.6) is 0 Å². The third-order valence-corrected chi connectivity index (χ3v) is 2.83. The number of hydrogen-bond acceptors (Lipinski definition) is 5. The summed E-state index contributed by atoms with van der Waals surface area (Å²) in [5.41, 5.74) is 2.93. The van der Waals surface area contributed by atoms with Gasteiger partial charge in [0.05, 0.1) is 11.4 Å². The molecule has 132 valence electrons. The topological polar surface area (TPSA) is 102 Å². The third-order valence-electron chi connectivity index (χ3n) is 2.83. The summed E-state index contributed by atoms with van der Waals surface area (Å²) in [5.74, 6) is -2.49. The zero-order valence-electron chi connectivity index (χ0n) is 13.0. The number of alkyl halides is 3. The van der Waals surface area contributed by atoms with Gasteiger partial charge in [0.25, 0.3) is 5.84 Å². The quantitative estimate of drug-likeness (QED) is 0.369. The second-order valence-electron chi connectivity index (χ2n) is 4.69. The molecule has 0 fully saturated rings. The molecule has 0 bridgehead atoms. The van der Waals surface area contributed by atoms with Gasteiger partial charge in [0.1, 0.15) is 11.8 Å². The zero-order chi connectivity index (χ0) is 19.0. The standard InChI is InChI=1S/C16H11F3N6O/c17-16(18,19)15(26)21-12-8-4-5-9-13(12)23-25-14(10-20)24-22-11-6-2-1-3-7-11/h1-9,22H,(H,21,26)/b24-14+,25-23?.